The summed E-state index contributed by atoms with van der Waals surface area (Å²) < 4.78 is 6.76. The highest BCUT2D eigenvalue weighted by molar-refractivity contribution is 5.90. The van der Waals surface area contributed by atoms with Crippen LogP contribution in [0.2, 0.25) is 0 Å². The lowest BCUT2D eigenvalue weighted by Crippen LogP contribution is -2.09. The van der Waals surface area contributed by atoms with Gasteiger partial charge in [-0.3, -0.25) is 4.40 Å². The fourth-order valence-electron chi connectivity index (χ4n) is 1.74. The Kier molecular flexibility index (Phi) is 2.95. The Labute approximate surface area is 99.5 Å². The second-order valence-corrected chi connectivity index (χ2v) is 3.66. The Morgan fingerprint density at radius 3 is 3.00 bits per heavy atom. The molecular formula is C13H14N2O2. The summed E-state index contributed by atoms with van der Waals surface area (Å²) in [6, 6.07) is 3.76. The van der Waals surface area contributed by atoms with Gasteiger partial charge in [-0.25, -0.2) is 9.78 Å². The molecule has 0 unspecified atom stereocenters. The lowest BCUT2D eigenvalue weighted by molar-refractivity contribution is 0.0517. The van der Waals surface area contributed by atoms with Crippen LogP contribution in [0.25, 0.3) is 11.7 Å². The zero-order chi connectivity index (χ0) is 12.4. The van der Waals surface area contributed by atoms with Crippen LogP contribution in [0.1, 0.15) is 28.7 Å². The van der Waals surface area contributed by atoms with Crippen LogP contribution in [-0.2, 0) is 4.74 Å². The lowest BCUT2D eigenvalue weighted by Gasteiger charge is -2.03. The molecule has 0 radical (unpaired) electrons. The summed E-state index contributed by atoms with van der Waals surface area (Å²) >= 11 is 0. The first kappa shape index (κ1) is 11.4. The molecule has 0 N–H and O–H groups in total. The standard InChI is InChI=1S/C13H14N2O2/c1-4-10-6-7-11-14-9(3)12(15(11)8-10)13(16)17-5-2/h4,6-8H,1,5H2,2-3H3. The largest absolute Gasteiger partial charge is 0.461 e. The van der Waals surface area contributed by atoms with Crippen molar-refractivity contribution in [3.63, 3.8) is 0 Å². The van der Waals surface area contributed by atoms with E-state index in [1.165, 1.54) is 0 Å². The molecule has 0 bridgehead atoms. The van der Waals surface area contributed by atoms with Crippen LogP contribution in [0, 0.1) is 6.92 Å². The summed E-state index contributed by atoms with van der Waals surface area (Å²) in [5.74, 6) is -0.348. The van der Waals surface area contributed by atoms with E-state index in [2.05, 4.69) is 11.6 Å². The van der Waals surface area contributed by atoms with Gasteiger partial charge in [-0.15, -0.1) is 0 Å². The summed E-state index contributed by atoms with van der Waals surface area (Å²) in [6.45, 7) is 7.64. The molecule has 0 saturated heterocycles. The molecule has 0 spiro atoms. The van der Waals surface area contributed by atoms with E-state index in [1.807, 2.05) is 18.3 Å². The second-order valence-electron chi connectivity index (χ2n) is 3.66. The minimum atomic E-state index is -0.348. The lowest BCUT2D eigenvalue weighted by atomic mass is 10.3. The molecule has 2 aromatic heterocycles. The maximum atomic E-state index is 11.8. The highest BCUT2D eigenvalue weighted by atomic mass is 16.5. The average molecular weight is 230 g/mol. The number of carbonyl (C=O) groups excluding carboxylic acids is 1. The number of fused-ring (bicyclic) bond motifs is 1. The predicted octanol–water partition coefficient (Wildman–Crippen LogP) is 2.46. The quantitative estimate of drug-likeness (QED) is 0.761. The van der Waals surface area contributed by atoms with Crippen LogP contribution >= 0.6 is 0 Å². The zero-order valence-corrected chi connectivity index (χ0v) is 9.93. The summed E-state index contributed by atoms with van der Waals surface area (Å²) in [5.41, 5.74) is 2.81. The zero-order valence-electron chi connectivity index (χ0n) is 9.93. The molecule has 2 aromatic rings. The minimum absolute atomic E-state index is 0.348. The van der Waals surface area contributed by atoms with Crippen LogP contribution in [0.15, 0.2) is 24.9 Å². The first-order valence-corrected chi connectivity index (χ1v) is 5.45. The molecule has 0 fully saturated rings. The molecular weight excluding hydrogens is 216 g/mol. The van der Waals surface area contributed by atoms with Gasteiger partial charge in [0.15, 0.2) is 5.69 Å². The van der Waals surface area contributed by atoms with E-state index in [0.717, 1.165) is 11.2 Å². The number of pyridine rings is 1. The van der Waals surface area contributed by atoms with Gasteiger partial charge in [0.25, 0.3) is 0 Å². The van der Waals surface area contributed by atoms with Crippen molar-refractivity contribution in [2.75, 3.05) is 6.61 Å². The Bertz CT molecular complexity index is 584. The highest BCUT2D eigenvalue weighted by Gasteiger charge is 2.17. The molecule has 0 saturated carbocycles. The molecule has 2 heterocycles. The van der Waals surface area contributed by atoms with Gasteiger partial charge in [0.2, 0.25) is 0 Å². The summed E-state index contributed by atoms with van der Waals surface area (Å²) in [5, 5.41) is 0. The number of esters is 1. The number of aromatic nitrogens is 2. The Morgan fingerprint density at radius 2 is 2.35 bits per heavy atom. The van der Waals surface area contributed by atoms with Gasteiger partial charge in [-0.1, -0.05) is 12.7 Å². The molecule has 88 valence electrons. The van der Waals surface area contributed by atoms with Gasteiger partial charge in [-0.2, -0.15) is 0 Å². The first-order chi connectivity index (χ1) is 8.17. The van der Waals surface area contributed by atoms with E-state index < -0.39 is 0 Å². The number of aryl methyl sites for hydroxylation is 1. The normalized spacial score (nSPS) is 10.5. The molecule has 4 heteroatoms. The topological polar surface area (TPSA) is 43.6 Å². The smallest absolute Gasteiger partial charge is 0.357 e. The van der Waals surface area contributed by atoms with Crippen molar-refractivity contribution in [2.45, 2.75) is 13.8 Å². The van der Waals surface area contributed by atoms with Crippen molar-refractivity contribution in [3.05, 3.63) is 41.9 Å². The minimum Gasteiger partial charge on any atom is -0.461 e. The third kappa shape index (κ3) is 1.93. The number of carbonyl (C=O) groups is 1. The molecule has 0 aliphatic heterocycles. The van der Waals surface area contributed by atoms with E-state index in [1.54, 1.807) is 24.3 Å². The van der Waals surface area contributed by atoms with Crippen molar-refractivity contribution in [2.24, 2.45) is 0 Å². The van der Waals surface area contributed by atoms with E-state index in [4.69, 9.17) is 4.74 Å². The fraction of sp³-hybridized carbons (Fsp3) is 0.231. The van der Waals surface area contributed by atoms with Gasteiger partial charge >= 0.3 is 5.97 Å². The van der Waals surface area contributed by atoms with Crippen LogP contribution in [0.3, 0.4) is 0 Å². The molecule has 0 aliphatic rings. The number of hydrogen-bond acceptors (Lipinski definition) is 3. The molecule has 0 amide bonds. The van der Waals surface area contributed by atoms with Crippen molar-refractivity contribution in [1.82, 2.24) is 9.38 Å². The van der Waals surface area contributed by atoms with E-state index in [0.29, 0.717) is 18.0 Å². The summed E-state index contributed by atoms with van der Waals surface area (Å²) in [4.78, 5) is 16.2. The van der Waals surface area contributed by atoms with Gasteiger partial charge in [-0.05, 0) is 31.5 Å². The Balaban J connectivity index is 2.63. The third-order valence-corrected chi connectivity index (χ3v) is 2.52. The van der Waals surface area contributed by atoms with Crippen LogP contribution in [0.5, 0.6) is 0 Å². The molecule has 0 aromatic carbocycles. The second kappa shape index (κ2) is 4.41. The van der Waals surface area contributed by atoms with Crippen molar-refractivity contribution >= 4 is 17.7 Å². The number of rotatable bonds is 3. The number of ether oxygens (including phenoxy) is 1. The molecule has 0 aliphatic carbocycles. The highest BCUT2D eigenvalue weighted by Crippen LogP contribution is 2.15. The summed E-state index contributed by atoms with van der Waals surface area (Å²) in [6.07, 6.45) is 3.55. The first-order valence-electron chi connectivity index (χ1n) is 5.45. The van der Waals surface area contributed by atoms with Gasteiger partial charge in [0.1, 0.15) is 5.65 Å². The summed E-state index contributed by atoms with van der Waals surface area (Å²) in [7, 11) is 0. The van der Waals surface area contributed by atoms with Crippen molar-refractivity contribution < 1.29 is 9.53 Å². The van der Waals surface area contributed by atoms with Crippen LogP contribution in [-0.4, -0.2) is 22.0 Å². The van der Waals surface area contributed by atoms with E-state index >= 15 is 0 Å². The van der Waals surface area contributed by atoms with Gasteiger partial charge in [0, 0.05) is 6.20 Å². The Morgan fingerprint density at radius 1 is 1.59 bits per heavy atom. The van der Waals surface area contributed by atoms with Gasteiger partial charge < -0.3 is 4.74 Å². The number of imidazole rings is 1. The SMILES string of the molecule is C=Cc1ccc2nc(C)c(C(=O)OCC)n2c1. The van der Waals surface area contributed by atoms with E-state index in [-0.39, 0.29) is 5.97 Å². The molecule has 4 nitrogen and oxygen atoms in total. The monoisotopic (exact) mass is 230 g/mol. The number of hydrogen-bond donors (Lipinski definition) is 0. The molecule has 2 rings (SSSR count). The van der Waals surface area contributed by atoms with E-state index in [9.17, 15) is 4.79 Å². The van der Waals surface area contributed by atoms with Crippen LogP contribution in [0.4, 0.5) is 0 Å². The maximum absolute atomic E-state index is 11.8. The molecule has 17 heavy (non-hydrogen) atoms. The fourth-order valence-corrected chi connectivity index (χ4v) is 1.74. The maximum Gasteiger partial charge on any atom is 0.357 e. The number of nitrogens with zero attached hydrogens (tertiary/aromatic N) is 2. The van der Waals surface area contributed by atoms with Gasteiger partial charge in [0.05, 0.1) is 12.3 Å². The molecule has 0 atom stereocenters. The van der Waals surface area contributed by atoms with Crippen LogP contribution < -0.4 is 0 Å². The predicted molar refractivity (Wildman–Crippen MR) is 66.0 cm³/mol. The van der Waals surface area contributed by atoms with Crippen molar-refractivity contribution in [1.29, 1.82) is 0 Å². The van der Waals surface area contributed by atoms with Crippen molar-refractivity contribution in [3.8, 4) is 0 Å². The average Bonchev–Trinajstić information content (AvgIpc) is 2.64. The Hall–Kier alpha value is -2.10. The third-order valence-electron chi connectivity index (χ3n) is 2.52.